The Bertz CT molecular complexity index is 1220. The van der Waals surface area contributed by atoms with Crippen molar-refractivity contribution in [2.75, 3.05) is 0 Å². The molecule has 3 aromatic rings. The first-order valence-electron chi connectivity index (χ1n) is 9.31. The molecule has 0 amide bonds. The first-order chi connectivity index (χ1) is 13.7. The van der Waals surface area contributed by atoms with Crippen molar-refractivity contribution in [3.05, 3.63) is 86.1 Å². The predicted molar refractivity (Wildman–Crippen MR) is 104 cm³/mol. The van der Waals surface area contributed by atoms with E-state index in [9.17, 15) is 22.8 Å². The van der Waals surface area contributed by atoms with E-state index < -0.39 is 28.4 Å². The quantitative estimate of drug-likeness (QED) is 0.692. The summed E-state index contributed by atoms with van der Waals surface area (Å²) in [6.45, 7) is 3.90. The fourth-order valence-electron chi connectivity index (χ4n) is 4.08. The average molecular weight is 400 g/mol. The summed E-state index contributed by atoms with van der Waals surface area (Å²) in [6, 6.07) is 11.8. The van der Waals surface area contributed by atoms with Crippen LogP contribution >= 0.6 is 0 Å². The van der Waals surface area contributed by atoms with Crippen LogP contribution in [0.5, 0.6) is 0 Å². The van der Waals surface area contributed by atoms with E-state index in [1.807, 2.05) is 38.1 Å². The fraction of sp³-hybridized carbons (Fsp3) is 0.273. The highest BCUT2D eigenvalue weighted by atomic mass is 19.4. The van der Waals surface area contributed by atoms with Crippen LogP contribution in [0.15, 0.2) is 58.1 Å². The molecule has 1 atom stereocenters. The van der Waals surface area contributed by atoms with Gasteiger partial charge in [0.05, 0.1) is 16.9 Å². The SMILES string of the molecule is CC[C@]1(C)Cc2ccccc2-c2[nH]c(=O)n(-c3cccc(C(F)(F)F)c3)c(=O)c21. The molecule has 0 radical (unpaired) electrons. The van der Waals surface area contributed by atoms with Crippen molar-refractivity contribution in [1.82, 2.24) is 9.55 Å². The minimum Gasteiger partial charge on any atom is -0.306 e. The number of hydrogen-bond donors (Lipinski definition) is 1. The Kier molecular flexibility index (Phi) is 4.29. The van der Waals surface area contributed by atoms with E-state index in [0.29, 0.717) is 24.1 Å². The number of aromatic amines is 1. The molecule has 1 aliphatic carbocycles. The van der Waals surface area contributed by atoms with Crippen LogP contribution in [-0.2, 0) is 18.0 Å². The number of nitrogens with one attached hydrogen (secondary N) is 1. The zero-order valence-corrected chi connectivity index (χ0v) is 15.9. The van der Waals surface area contributed by atoms with Crippen molar-refractivity contribution >= 4 is 0 Å². The smallest absolute Gasteiger partial charge is 0.306 e. The van der Waals surface area contributed by atoms with Crippen molar-refractivity contribution in [1.29, 1.82) is 0 Å². The van der Waals surface area contributed by atoms with Crippen LogP contribution in [0, 0.1) is 0 Å². The van der Waals surface area contributed by atoms with E-state index in [1.54, 1.807) is 0 Å². The Hall–Kier alpha value is -3.09. The molecule has 1 aromatic heterocycles. The maximum atomic E-state index is 13.4. The van der Waals surface area contributed by atoms with Crippen molar-refractivity contribution in [3.63, 3.8) is 0 Å². The van der Waals surface area contributed by atoms with Crippen LogP contribution < -0.4 is 11.2 Å². The number of fused-ring (bicyclic) bond motifs is 3. The molecule has 1 N–H and O–H groups in total. The normalized spacial score (nSPS) is 18.2. The second-order valence-corrected chi connectivity index (χ2v) is 7.62. The number of benzene rings is 2. The highest BCUT2D eigenvalue weighted by molar-refractivity contribution is 5.71. The lowest BCUT2D eigenvalue weighted by Crippen LogP contribution is -2.44. The molecule has 0 aliphatic heterocycles. The van der Waals surface area contributed by atoms with Gasteiger partial charge in [-0.3, -0.25) is 4.79 Å². The zero-order valence-electron chi connectivity index (χ0n) is 15.9. The molecule has 0 saturated heterocycles. The van der Waals surface area contributed by atoms with Crippen LogP contribution in [0.25, 0.3) is 16.9 Å². The van der Waals surface area contributed by atoms with E-state index in [4.69, 9.17) is 0 Å². The molecule has 7 heteroatoms. The van der Waals surface area contributed by atoms with Crippen LogP contribution in [0.2, 0.25) is 0 Å². The Morgan fingerprint density at radius 1 is 1.10 bits per heavy atom. The van der Waals surface area contributed by atoms with Gasteiger partial charge in [0.2, 0.25) is 0 Å². The van der Waals surface area contributed by atoms with E-state index in [1.165, 1.54) is 12.1 Å². The van der Waals surface area contributed by atoms with Gasteiger partial charge in [-0.2, -0.15) is 13.2 Å². The highest BCUT2D eigenvalue weighted by Gasteiger charge is 2.38. The molecular formula is C22H19F3N2O2. The maximum absolute atomic E-state index is 13.4. The number of H-pyrrole nitrogens is 1. The summed E-state index contributed by atoms with van der Waals surface area (Å²) in [6.07, 6.45) is -3.33. The number of hydrogen-bond acceptors (Lipinski definition) is 2. The molecule has 0 unspecified atom stereocenters. The van der Waals surface area contributed by atoms with Gasteiger partial charge in [-0.1, -0.05) is 44.2 Å². The first-order valence-corrected chi connectivity index (χ1v) is 9.31. The largest absolute Gasteiger partial charge is 0.416 e. The van der Waals surface area contributed by atoms with Gasteiger partial charge in [-0.15, -0.1) is 0 Å². The fourth-order valence-corrected chi connectivity index (χ4v) is 4.08. The summed E-state index contributed by atoms with van der Waals surface area (Å²) in [7, 11) is 0. The third-order valence-electron chi connectivity index (χ3n) is 5.78. The van der Waals surface area contributed by atoms with Crippen LogP contribution in [0.4, 0.5) is 13.2 Å². The van der Waals surface area contributed by atoms with Gasteiger partial charge < -0.3 is 4.98 Å². The summed E-state index contributed by atoms with van der Waals surface area (Å²) in [5.41, 5.74) is -0.229. The van der Waals surface area contributed by atoms with Gasteiger partial charge in [0, 0.05) is 16.5 Å². The molecule has 0 fully saturated rings. The van der Waals surface area contributed by atoms with Crippen molar-refractivity contribution in [3.8, 4) is 16.9 Å². The standard InChI is InChI=1S/C22H19F3N2O2/c1-3-21(2)12-13-7-4-5-10-16(13)18-17(21)19(28)27(20(29)26-18)15-9-6-8-14(11-15)22(23,24)25/h4-11H,3,12H2,1-2H3,(H,26,29)/t21-/m1/s1. The summed E-state index contributed by atoms with van der Waals surface area (Å²) in [5, 5.41) is 0. The summed E-state index contributed by atoms with van der Waals surface area (Å²) in [4.78, 5) is 29.0. The van der Waals surface area contributed by atoms with Gasteiger partial charge in [0.1, 0.15) is 0 Å². The Balaban J connectivity index is 2.04. The molecule has 0 saturated carbocycles. The van der Waals surface area contributed by atoms with E-state index in [-0.39, 0.29) is 5.69 Å². The highest BCUT2D eigenvalue weighted by Crippen LogP contribution is 2.41. The maximum Gasteiger partial charge on any atom is 0.416 e. The topological polar surface area (TPSA) is 54.9 Å². The van der Waals surface area contributed by atoms with Gasteiger partial charge in [0.15, 0.2) is 0 Å². The average Bonchev–Trinajstić information content (AvgIpc) is 2.67. The van der Waals surface area contributed by atoms with Crippen LogP contribution in [0.3, 0.4) is 0 Å². The Morgan fingerprint density at radius 3 is 2.52 bits per heavy atom. The van der Waals surface area contributed by atoms with Gasteiger partial charge >= 0.3 is 11.9 Å². The molecule has 4 nitrogen and oxygen atoms in total. The molecule has 1 heterocycles. The molecule has 4 rings (SSSR count). The minimum absolute atomic E-state index is 0.105. The van der Waals surface area contributed by atoms with Gasteiger partial charge in [-0.25, -0.2) is 9.36 Å². The molecule has 150 valence electrons. The number of rotatable bonds is 2. The lowest BCUT2D eigenvalue weighted by Gasteiger charge is -2.35. The Morgan fingerprint density at radius 2 is 1.83 bits per heavy atom. The third-order valence-corrected chi connectivity index (χ3v) is 5.78. The lowest BCUT2D eigenvalue weighted by molar-refractivity contribution is -0.137. The molecule has 0 spiro atoms. The van der Waals surface area contributed by atoms with Crippen molar-refractivity contribution in [2.45, 2.75) is 38.3 Å². The van der Waals surface area contributed by atoms with E-state index in [0.717, 1.165) is 27.8 Å². The van der Waals surface area contributed by atoms with Crippen molar-refractivity contribution in [2.24, 2.45) is 0 Å². The summed E-state index contributed by atoms with van der Waals surface area (Å²) < 4.78 is 40.2. The summed E-state index contributed by atoms with van der Waals surface area (Å²) >= 11 is 0. The molecule has 0 bridgehead atoms. The van der Waals surface area contributed by atoms with E-state index >= 15 is 0 Å². The molecule has 1 aliphatic rings. The van der Waals surface area contributed by atoms with Crippen molar-refractivity contribution < 1.29 is 13.2 Å². The predicted octanol–water partition coefficient (Wildman–Crippen LogP) is 4.44. The first kappa shape index (κ1) is 19.2. The Labute approximate surface area is 164 Å². The molecule has 29 heavy (non-hydrogen) atoms. The second kappa shape index (κ2) is 6.47. The zero-order chi connectivity index (χ0) is 21.0. The van der Waals surface area contributed by atoms with Gasteiger partial charge in [-0.05, 0) is 36.6 Å². The molecule has 2 aromatic carbocycles. The lowest BCUT2D eigenvalue weighted by atomic mass is 9.69. The van der Waals surface area contributed by atoms with Crippen LogP contribution in [-0.4, -0.2) is 9.55 Å². The number of nitrogens with zero attached hydrogens (tertiary/aromatic N) is 1. The third kappa shape index (κ3) is 3.01. The van der Waals surface area contributed by atoms with Crippen LogP contribution in [0.1, 0.15) is 37.0 Å². The van der Waals surface area contributed by atoms with Gasteiger partial charge in [0.25, 0.3) is 5.56 Å². The number of aromatic nitrogens is 2. The molecular weight excluding hydrogens is 381 g/mol. The monoisotopic (exact) mass is 400 g/mol. The van der Waals surface area contributed by atoms with E-state index in [2.05, 4.69) is 4.98 Å². The second-order valence-electron chi connectivity index (χ2n) is 7.62. The number of halogens is 3. The number of alkyl halides is 3. The summed E-state index contributed by atoms with van der Waals surface area (Å²) in [5.74, 6) is 0. The minimum atomic E-state index is -4.57.